The van der Waals surface area contributed by atoms with Gasteiger partial charge < -0.3 is 18.6 Å². The van der Waals surface area contributed by atoms with Crippen LogP contribution in [0.3, 0.4) is 0 Å². The molecule has 2 aromatic rings. The molecule has 0 bridgehead atoms. The molecule has 150 valence electrons. The number of amides is 1. The highest BCUT2D eigenvalue weighted by Crippen LogP contribution is 2.33. The third-order valence-corrected chi connectivity index (χ3v) is 4.60. The normalized spacial score (nSPS) is 18.4. The first-order valence-corrected chi connectivity index (χ1v) is 9.23. The van der Waals surface area contributed by atoms with Gasteiger partial charge in [-0.15, -0.1) is 0 Å². The second kappa shape index (κ2) is 8.22. The molecule has 1 aromatic carbocycles. The highest BCUT2D eigenvalue weighted by molar-refractivity contribution is 6.03. The number of hydrogen-bond donors (Lipinski definition) is 0. The number of hydrogen-bond acceptors (Lipinski definition) is 7. The van der Waals surface area contributed by atoms with Gasteiger partial charge in [0, 0.05) is 6.42 Å². The summed E-state index contributed by atoms with van der Waals surface area (Å²) in [4.78, 5) is 24.8. The molecule has 2 aliphatic heterocycles. The van der Waals surface area contributed by atoms with Crippen molar-refractivity contribution in [2.24, 2.45) is 5.10 Å². The van der Waals surface area contributed by atoms with Gasteiger partial charge in [-0.2, -0.15) is 5.10 Å². The third-order valence-electron chi connectivity index (χ3n) is 4.60. The number of esters is 1. The summed E-state index contributed by atoms with van der Waals surface area (Å²) in [6.45, 7) is 2.16. The summed E-state index contributed by atoms with van der Waals surface area (Å²) in [5, 5.41) is 5.81. The van der Waals surface area contributed by atoms with Gasteiger partial charge >= 0.3 is 5.97 Å². The average Bonchev–Trinajstić information content (AvgIpc) is 3.43. The standard InChI is InChI=1S/C21H20N2O6/c1-14-4-6-15(7-5-14)16-11-17(18-3-2-8-27-18)23(22-16)20(24)13-29-21(25)19-12-26-9-10-28-19/h2-8,12,17H,9-11,13H2,1H3/t17-/m0/s1. The van der Waals surface area contributed by atoms with E-state index in [9.17, 15) is 9.59 Å². The number of carbonyl (C=O) groups is 2. The summed E-state index contributed by atoms with van der Waals surface area (Å²) >= 11 is 0. The first-order chi connectivity index (χ1) is 14.1. The lowest BCUT2D eigenvalue weighted by atomic mass is 10.0. The van der Waals surface area contributed by atoms with Crippen LogP contribution in [0.1, 0.15) is 29.3 Å². The van der Waals surface area contributed by atoms with Crippen molar-refractivity contribution in [2.75, 3.05) is 19.8 Å². The van der Waals surface area contributed by atoms with E-state index >= 15 is 0 Å². The third kappa shape index (κ3) is 4.16. The second-order valence-corrected chi connectivity index (χ2v) is 6.66. The molecule has 0 aliphatic carbocycles. The number of aryl methyl sites for hydroxylation is 1. The van der Waals surface area contributed by atoms with Gasteiger partial charge in [0.05, 0.1) is 12.0 Å². The van der Waals surface area contributed by atoms with E-state index in [0.717, 1.165) is 16.8 Å². The van der Waals surface area contributed by atoms with E-state index in [1.807, 2.05) is 31.2 Å². The zero-order chi connectivity index (χ0) is 20.2. The molecule has 29 heavy (non-hydrogen) atoms. The monoisotopic (exact) mass is 396 g/mol. The second-order valence-electron chi connectivity index (χ2n) is 6.66. The van der Waals surface area contributed by atoms with Crippen LogP contribution in [0.4, 0.5) is 0 Å². The van der Waals surface area contributed by atoms with Crippen molar-refractivity contribution < 1.29 is 28.2 Å². The summed E-state index contributed by atoms with van der Waals surface area (Å²) in [6.07, 6.45) is 3.23. The van der Waals surface area contributed by atoms with Crippen LogP contribution in [0.25, 0.3) is 0 Å². The number of ether oxygens (including phenoxy) is 3. The number of rotatable bonds is 5. The molecule has 0 radical (unpaired) electrons. The maximum atomic E-state index is 12.8. The molecular formula is C21H20N2O6. The maximum Gasteiger partial charge on any atom is 0.377 e. The smallest absolute Gasteiger partial charge is 0.377 e. The lowest BCUT2D eigenvalue weighted by Gasteiger charge is -2.20. The van der Waals surface area contributed by atoms with Gasteiger partial charge in [-0.3, -0.25) is 4.79 Å². The molecule has 1 aromatic heterocycles. The molecule has 0 unspecified atom stereocenters. The molecule has 4 rings (SSSR count). The summed E-state index contributed by atoms with van der Waals surface area (Å²) in [5.41, 5.74) is 2.83. The Kier molecular flexibility index (Phi) is 5.33. The van der Waals surface area contributed by atoms with Gasteiger partial charge in [0.1, 0.15) is 31.3 Å². The number of hydrazone groups is 1. The van der Waals surface area contributed by atoms with E-state index in [0.29, 0.717) is 18.8 Å². The van der Waals surface area contributed by atoms with Crippen molar-refractivity contribution in [3.8, 4) is 0 Å². The van der Waals surface area contributed by atoms with Crippen LogP contribution in [-0.4, -0.2) is 42.4 Å². The SMILES string of the molecule is Cc1ccc(C2=NN(C(=O)COC(=O)C3=COCCO3)[C@H](c3ccco3)C2)cc1. The Bertz CT molecular complexity index is 946. The minimum Gasteiger partial charge on any atom is -0.493 e. The van der Waals surface area contributed by atoms with Gasteiger partial charge in [-0.05, 0) is 24.6 Å². The van der Waals surface area contributed by atoms with Gasteiger partial charge in [-0.25, -0.2) is 9.80 Å². The fourth-order valence-electron chi connectivity index (χ4n) is 3.10. The molecule has 0 N–H and O–H groups in total. The van der Waals surface area contributed by atoms with Crippen molar-refractivity contribution in [2.45, 2.75) is 19.4 Å². The predicted molar refractivity (Wildman–Crippen MR) is 102 cm³/mol. The fourth-order valence-corrected chi connectivity index (χ4v) is 3.10. The van der Waals surface area contributed by atoms with Crippen molar-refractivity contribution in [3.05, 3.63) is 71.6 Å². The van der Waals surface area contributed by atoms with E-state index in [1.165, 1.54) is 11.3 Å². The minimum absolute atomic E-state index is 0.0584. The number of carbonyl (C=O) groups excluding carboxylic acids is 2. The molecule has 1 atom stereocenters. The van der Waals surface area contributed by atoms with Gasteiger partial charge in [-0.1, -0.05) is 29.8 Å². The van der Waals surface area contributed by atoms with Crippen molar-refractivity contribution in [3.63, 3.8) is 0 Å². The Balaban J connectivity index is 1.49. The van der Waals surface area contributed by atoms with Gasteiger partial charge in [0.2, 0.25) is 5.76 Å². The molecule has 0 saturated carbocycles. The Morgan fingerprint density at radius 1 is 1.21 bits per heavy atom. The summed E-state index contributed by atoms with van der Waals surface area (Å²) < 4.78 is 20.8. The predicted octanol–water partition coefficient (Wildman–Crippen LogP) is 2.70. The number of benzene rings is 1. The quantitative estimate of drug-likeness (QED) is 0.722. The molecule has 0 saturated heterocycles. The highest BCUT2D eigenvalue weighted by Gasteiger charge is 2.35. The van der Waals surface area contributed by atoms with E-state index in [-0.39, 0.29) is 12.4 Å². The lowest BCUT2D eigenvalue weighted by Crippen LogP contribution is -2.31. The molecular weight excluding hydrogens is 376 g/mol. The van der Waals surface area contributed by atoms with Crippen molar-refractivity contribution >= 4 is 17.6 Å². The highest BCUT2D eigenvalue weighted by atomic mass is 16.6. The van der Waals surface area contributed by atoms with Crippen LogP contribution in [-0.2, 0) is 23.8 Å². The maximum absolute atomic E-state index is 12.8. The summed E-state index contributed by atoms with van der Waals surface area (Å²) in [5.74, 6) is -0.659. The number of furan rings is 1. The topological polar surface area (TPSA) is 90.6 Å². The van der Waals surface area contributed by atoms with Crippen LogP contribution in [0.15, 0.2) is 64.2 Å². The minimum atomic E-state index is -0.755. The van der Waals surface area contributed by atoms with Crippen LogP contribution < -0.4 is 0 Å². The van der Waals surface area contributed by atoms with Crippen LogP contribution in [0.5, 0.6) is 0 Å². The van der Waals surface area contributed by atoms with Crippen LogP contribution in [0, 0.1) is 6.92 Å². The van der Waals surface area contributed by atoms with E-state index in [4.69, 9.17) is 18.6 Å². The zero-order valence-corrected chi connectivity index (χ0v) is 15.9. The van der Waals surface area contributed by atoms with Gasteiger partial charge in [0.15, 0.2) is 6.61 Å². The molecule has 8 nitrogen and oxygen atoms in total. The Morgan fingerprint density at radius 2 is 2.03 bits per heavy atom. The zero-order valence-electron chi connectivity index (χ0n) is 15.9. The van der Waals surface area contributed by atoms with Crippen LogP contribution >= 0.6 is 0 Å². The molecule has 0 spiro atoms. The first kappa shape index (κ1) is 18.8. The van der Waals surface area contributed by atoms with E-state index in [2.05, 4.69) is 5.10 Å². The first-order valence-electron chi connectivity index (χ1n) is 9.23. The molecule has 8 heteroatoms. The number of nitrogens with zero attached hydrogens (tertiary/aromatic N) is 2. The Morgan fingerprint density at radius 3 is 2.72 bits per heavy atom. The molecule has 2 aliphatic rings. The molecule has 1 amide bonds. The van der Waals surface area contributed by atoms with E-state index < -0.39 is 24.5 Å². The van der Waals surface area contributed by atoms with E-state index in [1.54, 1.807) is 18.4 Å². The van der Waals surface area contributed by atoms with Gasteiger partial charge in [0.25, 0.3) is 5.91 Å². The largest absolute Gasteiger partial charge is 0.493 e. The molecule has 3 heterocycles. The average molecular weight is 396 g/mol. The fraction of sp³-hybridized carbons (Fsp3) is 0.286. The van der Waals surface area contributed by atoms with Crippen LogP contribution in [0.2, 0.25) is 0 Å². The van der Waals surface area contributed by atoms with Crippen molar-refractivity contribution in [1.29, 1.82) is 0 Å². The lowest BCUT2D eigenvalue weighted by molar-refractivity contribution is -0.153. The van der Waals surface area contributed by atoms with Crippen molar-refractivity contribution in [1.82, 2.24) is 5.01 Å². The molecule has 0 fully saturated rings. The Hall–Kier alpha value is -3.55. The Labute approximate surface area is 167 Å². The summed E-state index contributed by atoms with van der Waals surface area (Å²) in [6, 6.07) is 11.1. The summed E-state index contributed by atoms with van der Waals surface area (Å²) in [7, 11) is 0.